The molecule has 1 heterocycles. The maximum atomic E-state index is 13.0. The first kappa shape index (κ1) is 20.2. The van der Waals surface area contributed by atoms with E-state index >= 15 is 0 Å². The molecule has 7 nitrogen and oxygen atoms in total. The fourth-order valence-corrected chi connectivity index (χ4v) is 2.97. The highest BCUT2D eigenvalue weighted by atomic mass is 32.1. The summed E-state index contributed by atoms with van der Waals surface area (Å²) in [6.45, 7) is 3.63. The van der Waals surface area contributed by atoms with Gasteiger partial charge in [-0.05, 0) is 55.9 Å². The summed E-state index contributed by atoms with van der Waals surface area (Å²) in [5, 5.41) is 4.20. The molecule has 0 aromatic heterocycles. The quantitative estimate of drug-likeness (QED) is 0.344. The second kappa shape index (κ2) is 8.66. The van der Waals surface area contributed by atoms with E-state index in [0.717, 1.165) is 22.5 Å². The predicted octanol–water partition coefficient (Wildman–Crippen LogP) is 3.06. The van der Waals surface area contributed by atoms with Crippen LogP contribution in [-0.2, 0) is 4.79 Å². The zero-order valence-electron chi connectivity index (χ0n) is 16.3. The van der Waals surface area contributed by atoms with E-state index in [0.29, 0.717) is 17.3 Å². The Balaban J connectivity index is 1.85. The monoisotopic (exact) mass is 407 g/mol. The minimum absolute atomic E-state index is 0.102. The summed E-state index contributed by atoms with van der Waals surface area (Å²) in [4.78, 5) is 19.0. The summed E-state index contributed by atoms with van der Waals surface area (Å²) in [5.41, 5.74) is 11.4. The van der Waals surface area contributed by atoms with E-state index in [4.69, 9.17) is 22.7 Å². The van der Waals surface area contributed by atoms with Gasteiger partial charge in [0.05, 0.1) is 18.5 Å². The van der Waals surface area contributed by atoms with E-state index in [1.165, 1.54) is 0 Å². The van der Waals surface area contributed by atoms with Gasteiger partial charge in [-0.15, -0.1) is 0 Å². The van der Waals surface area contributed by atoms with Crippen LogP contribution in [0.3, 0.4) is 0 Å². The van der Waals surface area contributed by atoms with Gasteiger partial charge in [0.2, 0.25) is 0 Å². The molecule has 3 N–H and O–H groups in total. The Morgan fingerprint density at radius 2 is 1.93 bits per heavy atom. The van der Waals surface area contributed by atoms with Crippen molar-refractivity contribution in [3.05, 3.63) is 65.4 Å². The lowest BCUT2D eigenvalue weighted by Crippen LogP contribution is -2.30. The van der Waals surface area contributed by atoms with Crippen molar-refractivity contribution >= 4 is 46.5 Å². The molecule has 0 spiro atoms. The Morgan fingerprint density at radius 3 is 2.59 bits per heavy atom. The molecule has 148 valence electrons. The third-order valence-electron chi connectivity index (χ3n) is 4.34. The van der Waals surface area contributed by atoms with E-state index in [-0.39, 0.29) is 11.0 Å². The number of nitrogens with zero attached hydrogens (tertiary/aromatic N) is 3. The molecule has 3 rings (SSSR count). The lowest BCUT2D eigenvalue weighted by molar-refractivity contribution is -0.113. The Hall–Kier alpha value is -3.52. The predicted molar refractivity (Wildman–Crippen MR) is 120 cm³/mol. The molecule has 0 saturated carbocycles. The normalized spacial score (nSPS) is 15.5. The second-order valence-electron chi connectivity index (χ2n) is 6.29. The number of aliphatic imine (C=N–C) groups is 1. The number of nitrogens with one attached hydrogen (secondary N) is 1. The molecule has 0 saturated heterocycles. The van der Waals surface area contributed by atoms with Gasteiger partial charge in [-0.2, -0.15) is 5.10 Å². The van der Waals surface area contributed by atoms with E-state index in [1.54, 1.807) is 25.0 Å². The van der Waals surface area contributed by atoms with Crippen LogP contribution in [0.15, 0.2) is 64.3 Å². The smallest absolute Gasteiger partial charge is 0.282 e. The number of carbonyl (C=O) groups excluding carboxylic acids is 1. The van der Waals surface area contributed by atoms with Crippen molar-refractivity contribution in [1.29, 1.82) is 0 Å². The highest BCUT2D eigenvalue weighted by molar-refractivity contribution is 7.80. The fourth-order valence-electron chi connectivity index (χ4n) is 2.92. The number of nitrogens with two attached hydrogens (primary N) is 1. The van der Waals surface area contributed by atoms with Gasteiger partial charge in [-0.3, -0.25) is 15.1 Å². The molecule has 1 aliphatic heterocycles. The average molecular weight is 407 g/mol. The number of para-hydroxylation sites is 1. The Kier molecular flexibility index (Phi) is 6.04. The van der Waals surface area contributed by atoms with Crippen molar-refractivity contribution in [2.24, 2.45) is 15.8 Å². The van der Waals surface area contributed by atoms with Crippen LogP contribution in [0.5, 0.6) is 5.75 Å². The number of carbonyl (C=O) groups is 1. The number of thiocarbonyl (C=S) groups is 1. The van der Waals surface area contributed by atoms with Crippen LogP contribution in [0.2, 0.25) is 0 Å². The van der Waals surface area contributed by atoms with Crippen LogP contribution in [0, 0.1) is 0 Å². The first-order chi connectivity index (χ1) is 13.9. The molecule has 0 aliphatic carbocycles. The molecule has 0 radical (unpaired) electrons. The number of amidine groups is 1. The number of benzene rings is 2. The lowest BCUT2D eigenvalue weighted by Gasteiger charge is -2.16. The molecule has 0 fully saturated rings. The zero-order valence-corrected chi connectivity index (χ0v) is 17.2. The Labute approximate surface area is 174 Å². The number of amides is 1. The second-order valence-corrected chi connectivity index (χ2v) is 6.73. The maximum absolute atomic E-state index is 13.0. The summed E-state index contributed by atoms with van der Waals surface area (Å²) < 4.78 is 5.35. The molecule has 2 aromatic rings. The van der Waals surface area contributed by atoms with Crippen LogP contribution in [0.4, 0.5) is 5.69 Å². The minimum Gasteiger partial charge on any atom is -0.496 e. The fraction of sp³-hybridized carbons (Fsp3) is 0.143. The van der Waals surface area contributed by atoms with Gasteiger partial charge in [0.1, 0.15) is 17.3 Å². The van der Waals surface area contributed by atoms with Gasteiger partial charge >= 0.3 is 0 Å². The molecule has 1 aliphatic rings. The first-order valence-electron chi connectivity index (χ1n) is 8.85. The van der Waals surface area contributed by atoms with E-state index < -0.39 is 0 Å². The van der Waals surface area contributed by atoms with E-state index in [2.05, 4.69) is 15.5 Å². The third kappa shape index (κ3) is 4.49. The molecule has 0 unspecified atom stereocenters. The van der Waals surface area contributed by atoms with E-state index in [9.17, 15) is 4.79 Å². The van der Waals surface area contributed by atoms with Crippen molar-refractivity contribution in [2.45, 2.75) is 13.8 Å². The number of hydrogen-bond acceptors (Lipinski definition) is 5. The van der Waals surface area contributed by atoms with Crippen LogP contribution < -0.4 is 20.8 Å². The van der Waals surface area contributed by atoms with Crippen molar-refractivity contribution in [1.82, 2.24) is 5.43 Å². The average Bonchev–Trinajstić information content (AvgIpc) is 2.99. The van der Waals surface area contributed by atoms with Gasteiger partial charge in [0, 0.05) is 5.56 Å². The standard InChI is InChI=1S/C21H21N5O2S/c1-13(24-25-21(22)29)15-8-10-17(11-9-15)26-14(2)23-18(20(26)27)12-16-6-4-5-7-19(16)28-3/h4-12H,1-3H3,(H3,22,25,29)/b18-12+,24-13+. The molecule has 1 amide bonds. The maximum Gasteiger partial charge on any atom is 0.282 e. The molecular formula is C21H21N5O2S. The van der Waals surface area contributed by atoms with Gasteiger partial charge in [-0.25, -0.2) is 4.99 Å². The number of rotatable bonds is 5. The molecule has 8 heteroatoms. The van der Waals surface area contributed by atoms with Crippen LogP contribution >= 0.6 is 12.2 Å². The number of methoxy groups -OCH3 is 1. The Morgan fingerprint density at radius 1 is 1.24 bits per heavy atom. The summed E-state index contributed by atoms with van der Waals surface area (Å²) in [7, 11) is 1.60. The highest BCUT2D eigenvalue weighted by Crippen LogP contribution is 2.27. The van der Waals surface area contributed by atoms with Gasteiger partial charge in [0.25, 0.3) is 5.91 Å². The van der Waals surface area contributed by atoms with Crippen molar-refractivity contribution in [3.8, 4) is 5.75 Å². The zero-order chi connectivity index (χ0) is 21.0. The summed E-state index contributed by atoms with van der Waals surface area (Å²) in [5.74, 6) is 1.09. The van der Waals surface area contributed by atoms with Crippen LogP contribution in [-0.4, -0.2) is 29.7 Å². The molecule has 2 aromatic carbocycles. The van der Waals surface area contributed by atoms with Crippen molar-refractivity contribution in [2.75, 3.05) is 12.0 Å². The summed E-state index contributed by atoms with van der Waals surface area (Å²) in [6.07, 6.45) is 1.73. The van der Waals surface area contributed by atoms with Gasteiger partial charge in [-0.1, -0.05) is 30.3 Å². The largest absolute Gasteiger partial charge is 0.496 e. The molecule has 0 bridgehead atoms. The number of anilines is 1. The van der Waals surface area contributed by atoms with Crippen molar-refractivity contribution < 1.29 is 9.53 Å². The van der Waals surface area contributed by atoms with Gasteiger partial charge < -0.3 is 10.5 Å². The molecular weight excluding hydrogens is 386 g/mol. The number of ether oxygens (including phenoxy) is 1. The minimum atomic E-state index is -0.193. The summed E-state index contributed by atoms with van der Waals surface area (Å²) in [6, 6.07) is 14.9. The number of hydrogen-bond donors (Lipinski definition) is 2. The van der Waals surface area contributed by atoms with E-state index in [1.807, 2.05) is 55.5 Å². The van der Waals surface area contributed by atoms with Crippen LogP contribution in [0.25, 0.3) is 6.08 Å². The SMILES string of the molecule is COc1ccccc1/C=C1/N=C(C)N(c2ccc(/C(C)=N/NC(N)=S)cc2)C1=O. The van der Waals surface area contributed by atoms with Gasteiger partial charge in [0.15, 0.2) is 5.11 Å². The lowest BCUT2D eigenvalue weighted by atomic mass is 10.1. The summed E-state index contributed by atoms with van der Waals surface area (Å²) >= 11 is 4.75. The highest BCUT2D eigenvalue weighted by Gasteiger charge is 2.29. The van der Waals surface area contributed by atoms with Crippen molar-refractivity contribution in [3.63, 3.8) is 0 Å². The topological polar surface area (TPSA) is 92.3 Å². The third-order valence-corrected chi connectivity index (χ3v) is 4.43. The van der Waals surface area contributed by atoms with Crippen LogP contribution in [0.1, 0.15) is 25.0 Å². The number of hydrazone groups is 1. The molecule has 29 heavy (non-hydrogen) atoms. The Bertz CT molecular complexity index is 1040. The first-order valence-corrected chi connectivity index (χ1v) is 9.26. The molecule has 0 atom stereocenters.